The summed E-state index contributed by atoms with van der Waals surface area (Å²) in [6.45, 7) is 11.4. The van der Waals surface area contributed by atoms with Crippen molar-refractivity contribution >= 4 is 76.9 Å². The number of likely N-dealkylation sites (tertiary alicyclic amines) is 1. The number of ether oxygens (including phenoxy) is 1. The van der Waals surface area contributed by atoms with E-state index in [-0.39, 0.29) is 49.6 Å². The summed E-state index contributed by atoms with van der Waals surface area (Å²) in [4.78, 5) is 183. The van der Waals surface area contributed by atoms with Gasteiger partial charge in [-0.25, -0.2) is 4.39 Å². The molecule has 1 unspecified atom stereocenters. The minimum absolute atomic E-state index is 0.0267. The van der Waals surface area contributed by atoms with Crippen LogP contribution in [0.1, 0.15) is 139 Å². The number of hydrogen-bond donors (Lipinski definition) is 16. The third kappa shape index (κ3) is 29.4. The van der Waals surface area contributed by atoms with Gasteiger partial charge in [0.05, 0.1) is 43.8 Å². The number of aryl methyl sites for hydroxylation is 4. The normalized spacial score (nSPS) is 14.9. The van der Waals surface area contributed by atoms with E-state index in [4.69, 9.17) is 16.0 Å². The summed E-state index contributed by atoms with van der Waals surface area (Å²) >= 11 is 0. The number of azide groups is 1. The van der Waals surface area contributed by atoms with Crippen LogP contribution in [0.3, 0.4) is 0 Å². The Morgan fingerprint density at radius 2 is 1.35 bits per heavy atom. The Bertz CT molecular complexity index is 4290. The number of hydrogen-bond acceptors (Lipinski definition) is 21. The van der Waals surface area contributed by atoms with E-state index in [1.807, 2.05) is 57.2 Å². The molecule has 0 spiro atoms. The maximum Gasteiger partial charge on any atom is 0.305 e. The zero-order chi connectivity index (χ0) is 85.4. The molecule has 1 aliphatic heterocycles. The molecule has 1 aromatic heterocycles. The van der Waals surface area contributed by atoms with Gasteiger partial charge in [0.25, 0.3) is 0 Å². The van der Waals surface area contributed by atoms with Crippen LogP contribution in [0.15, 0.2) is 90.0 Å². The Labute approximate surface area is 669 Å². The Balaban J connectivity index is 1.16. The molecule has 0 saturated carbocycles. The third-order valence-electron chi connectivity index (χ3n) is 19.2. The molecule has 1 fully saturated rings. The molecule has 6 rings (SSSR count). The Kier molecular flexibility index (Phi) is 36.2. The van der Waals surface area contributed by atoms with Crippen LogP contribution in [0, 0.1) is 25.1 Å². The highest BCUT2D eigenvalue weighted by Gasteiger charge is 2.43. The van der Waals surface area contributed by atoms with Crippen molar-refractivity contribution in [3.63, 3.8) is 0 Å². The smallest absolute Gasteiger partial charge is 0.305 e. The summed E-state index contributed by atoms with van der Waals surface area (Å²) in [5.74, 6) is -14.0. The number of nitrogens with one attached hydrogen (secondary N) is 11. The monoisotopic (exact) mass is 1620 g/mol. The molecule has 0 radical (unpaired) electrons. The van der Waals surface area contributed by atoms with Crippen LogP contribution in [0.4, 0.5) is 4.39 Å². The molecule has 116 heavy (non-hydrogen) atoms. The number of rotatable bonds is 47. The van der Waals surface area contributed by atoms with Crippen molar-refractivity contribution in [3.8, 4) is 16.9 Å². The van der Waals surface area contributed by atoms with E-state index in [9.17, 15) is 82.8 Å². The second-order valence-corrected chi connectivity index (χ2v) is 29.5. The Morgan fingerprint density at radius 3 is 1.98 bits per heavy atom. The molecule has 12 amide bonds. The van der Waals surface area contributed by atoms with E-state index < -0.39 is 175 Å². The van der Waals surface area contributed by atoms with Gasteiger partial charge in [-0.3, -0.25) is 62.3 Å². The van der Waals surface area contributed by atoms with Crippen molar-refractivity contribution in [3.05, 3.63) is 140 Å². The first kappa shape index (κ1) is 92.8. The van der Waals surface area contributed by atoms with Crippen LogP contribution >= 0.6 is 0 Å². The number of halogens is 1. The van der Waals surface area contributed by atoms with Gasteiger partial charge >= 0.3 is 5.97 Å². The number of primary amides is 1. The molecule has 5 aromatic rings. The summed E-state index contributed by atoms with van der Waals surface area (Å²) in [5.41, 5.74) is 16.4. The molecule has 37 nitrogen and oxygen atoms in total. The molecule has 38 heteroatoms. The highest BCUT2D eigenvalue weighted by Crippen LogP contribution is 2.30. The lowest BCUT2D eigenvalue weighted by molar-refractivity contribution is -0.142. The van der Waals surface area contributed by atoms with Gasteiger partial charge in [0.15, 0.2) is 5.82 Å². The fourth-order valence-electron chi connectivity index (χ4n) is 12.9. The van der Waals surface area contributed by atoms with Crippen molar-refractivity contribution in [2.45, 2.75) is 205 Å². The van der Waals surface area contributed by atoms with Gasteiger partial charge in [0.2, 0.25) is 70.9 Å². The van der Waals surface area contributed by atoms with Crippen LogP contribution in [0.2, 0.25) is 0 Å². The van der Waals surface area contributed by atoms with Crippen molar-refractivity contribution in [2.75, 3.05) is 45.9 Å². The molecule has 1 saturated heterocycles. The first-order chi connectivity index (χ1) is 55.0. The number of aliphatic hydroxyl groups excluding tert-OH is 3. The van der Waals surface area contributed by atoms with E-state index in [2.05, 4.69) is 83.8 Å². The van der Waals surface area contributed by atoms with E-state index in [0.717, 1.165) is 73.1 Å². The third-order valence-corrected chi connectivity index (χ3v) is 19.2. The molecule has 0 aliphatic carbocycles. The number of H-pyrrole nitrogens is 1. The molecule has 628 valence electrons. The summed E-state index contributed by atoms with van der Waals surface area (Å²) in [6, 6.07) is 10.8. The average molecular weight is 1620 g/mol. The van der Waals surface area contributed by atoms with E-state index >= 15 is 4.39 Å². The predicted octanol–water partition coefficient (Wildman–Crippen LogP) is 0.349. The molecule has 2 heterocycles. The minimum atomic E-state index is -2.41. The highest BCUT2D eigenvalue weighted by atomic mass is 19.1. The number of nitrogens with two attached hydrogens (primary N) is 1. The second kappa shape index (κ2) is 45.2. The Hall–Kier alpha value is -12.0. The first-order valence-corrected chi connectivity index (χ1v) is 38.2. The molecular formula is C78H106FN19O18. The minimum Gasteiger partial charge on any atom is -0.494 e. The number of nitrogens with zero attached hydrogens (tertiary/aromatic N) is 7. The van der Waals surface area contributed by atoms with E-state index in [1.165, 1.54) is 32.0 Å². The van der Waals surface area contributed by atoms with Gasteiger partial charge in [-0.05, 0) is 143 Å². The highest BCUT2D eigenvalue weighted by molar-refractivity contribution is 6.00. The number of aliphatic hydroxyl groups is 3. The number of benzene rings is 4. The fourth-order valence-corrected chi connectivity index (χ4v) is 12.9. The zero-order valence-electron chi connectivity index (χ0n) is 66.2. The quantitative estimate of drug-likeness (QED) is 0.0108. The lowest BCUT2D eigenvalue weighted by atomic mass is 9.87. The average Bonchev–Trinajstić information content (AvgIpc) is 1.07. The largest absolute Gasteiger partial charge is 0.494 e. The van der Waals surface area contributed by atoms with Crippen LogP contribution in [0.25, 0.3) is 21.6 Å². The molecular weight excluding hydrogens is 1510 g/mol. The number of unbranched alkanes of at least 4 members (excludes halogenated alkanes) is 1. The van der Waals surface area contributed by atoms with Gasteiger partial charge in [-0.1, -0.05) is 109 Å². The molecule has 1 aliphatic rings. The lowest BCUT2D eigenvalue weighted by Crippen LogP contribution is -2.67. The molecule has 10 atom stereocenters. The van der Waals surface area contributed by atoms with Gasteiger partial charge < -0.3 is 89.0 Å². The van der Waals surface area contributed by atoms with Gasteiger partial charge in [0.1, 0.15) is 59.4 Å². The van der Waals surface area contributed by atoms with E-state index in [0.29, 0.717) is 69.5 Å². The number of carboxylic acid groups (broad SMARTS) is 1. The molecule has 17 N–H and O–H groups in total. The zero-order valence-corrected chi connectivity index (χ0v) is 66.2. The van der Waals surface area contributed by atoms with Crippen LogP contribution in [-0.2, 0) is 94.4 Å². The summed E-state index contributed by atoms with van der Waals surface area (Å²) in [7, 11) is 0. The number of amides is 12. The van der Waals surface area contributed by atoms with Crippen LogP contribution in [-0.4, -0.2) is 229 Å². The van der Waals surface area contributed by atoms with Crippen molar-refractivity contribution < 1.29 is 91.9 Å². The number of tetrazole rings is 1. The van der Waals surface area contributed by atoms with Crippen LogP contribution < -0.4 is 63.6 Å². The van der Waals surface area contributed by atoms with Crippen molar-refractivity contribution in [2.24, 2.45) is 16.3 Å². The van der Waals surface area contributed by atoms with Crippen LogP contribution in [0.5, 0.6) is 5.75 Å². The first-order valence-electron chi connectivity index (χ1n) is 38.2. The second-order valence-electron chi connectivity index (χ2n) is 29.5. The van der Waals surface area contributed by atoms with Gasteiger partial charge in [0, 0.05) is 63.2 Å². The van der Waals surface area contributed by atoms with Gasteiger partial charge in [-0.15, -0.1) is 10.2 Å². The topological polar surface area (TPSA) is 565 Å². The number of carbonyl (C=O) groups excluding carboxylic acids is 12. The number of piperidine rings is 1. The van der Waals surface area contributed by atoms with Crippen molar-refractivity contribution in [1.82, 2.24) is 78.7 Å². The van der Waals surface area contributed by atoms with E-state index in [1.54, 1.807) is 29.2 Å². The summed E-state index contributed by atoms with van der Waals surface area (Å²) in [6.07, 6.45) is -1.72. The number of aromatic amines is 1. The SMILES string of the molecule is CCc1cc(OCCCCN=[N+]=[N-])ccc1-c1ccc(C[C@H](NC(=O)[C@H](CC(=O)O)NC(=O)[C@H](CO)NC(=O)[C@@H](NC(=O)[C@](C)(Cc2ccccc2F)NC(=O)[C@@H](NC(=O)CNC(=O)[C@H](Cc2nn[nH]n2)NC(=O)C(C)(C)CC(=O)NCCN2CCCCC2=O)[C@@H](C)O)C(C)O)C(=O)N[C@@H](CCCc2cc(C)cc(C)c2)C(N)=O)cc1. The number of aliphatic carboxylic acids is 1. The fraction of sp³-hybridized carbons (Fsp3) is 0.513. The number of carboxylic acids is 1. The molecule has 0 bridgehead atoms. The van der Waals surface area contributed by atoms with Gasteiger partial charge in [-0.2, -0.15) is 5.21 Å². The number of aromatic nitrogens is 4. The number of carbonyl (C=O) groups is 13. The lowest BCUT2D eigenvalue weighted by Gasteiger charge is -2.34. The summed E-state index contributed by atoms with van der Waals surface area (Å²) < 4.78 is 21.5. The summed E-state index contributed by atoms with van der Waals surface area (Å²) in [5, 5.41) is 83.6. The maximum absolute atomic E-state index is 15.6. The predicted molar refractivity (Wildman–Crippen MR) is 417 cm³/mol. The standard InChI is InChI=1S/C78H106FN19O18/c1-9-50-37-53(116-32-15-13-28-84-95-81)26-27-54(50)51-24-22-48(23-25-51)36-57(70(109)85-56(68(80)107)20-16-17-49-34-44(2)33-45(3)35-49)86-71(110)59(39-65(105)106)87-72(111)60(43-99)88-73(112)66(46(4)100)91-76(115)78(8,40-52-18-10-11-19-55(52)79)92-74(113)67(47(5)101)90-63(103)42-83-69(108)58(38-61-93-96-97-94-61)89-75(114)77(6,7)41-62(102)82-29-31-98-30-14-12-21-64(98)104/h10-11,18-19,22-27,33-35,37,46-47,56-60,66-67,99-101H,9,12-17,20-21,28-32,36,38-43H2,1-8H3,(H2,80,107)(H,82,102)(H,83,108)(H,85,109)(H,86,110)(H,87,111)(H,88,112)(H,89,114)(H,90,103)(H,91,115)(H,92,113)(H,105,106)(H,93,94,96,97)/t46?,47-,56+,57+,58+,59+,60+,66+,67+,78+/m1/s1. The maximum atomic E-state index is 15.6. The van der Waals surface area contributed by atoms with Crippen molar-refractivity contribution in [1.29, 1.82) is 0 Å². The molecule has 4 aromatic carbocycles. The Morgan fingerprint density at radius 1 is 0.707 bits per heavy atom.